The van der Waals surface area contributed by atoms with Gasteiger partial charge in [-0.15, -0.1) is 0 Å². The van der Waals surface area contributed by atoms with Gasteiger partial charge >= 0.3 is 0 Å². The molecule has 0 saturated heterocycles. The summed E-state index contributed by atoms with van der Waals surface area (Å²) in [6, 6.07) is 68.7. The van der Waals surface area contributed by atoms with Gasteiger partial charge in [-0.1, -0.05) is 140 Å². The van der Waals surface area contributed by atoms with E-state index in [4.69, 9.17) is 13.8 Å². The van der Waals surface area contributed by atoms with Crippen LogP contribution in [0.5, 0.6) is 0 Å². The van der Waals surface area contributed by atoms with E-state index >= 15 is 0 Å². The van der Waals surface area contributed by atoms with Gasteiger partial charge in [0.15, 0.2) is 5.58 Å². The Morgan fingerprint density at radius 1 is 0.368 bits per heavy atom. The zero-order chi connectivity index (χ0) is 37.5. The topological polar surface area (TPSA) is 42.4 Å². The van der Waals surface area contributed by atoms with Crippen LogP contribution in [0.2, 0.25) is 0 Å². The van der Waals surface area contributed by atoms with Crippen LogP contribution in [0.3, 0.4) is 0 Å². The second-order valence-corrected chi connectivity index (χ2v) is 14.7. The Bertz CT molecular complexity index is 3460. The first-order valence-electron chi connectivity index (χ1n) is 19.3. The minimum absolute atomic E-state index is 0.529. The summed E-state index contributed by atoms with van der Waals surface area (Å²) in [7, 11) is 0. The first-order valence-corrected chi connectivity index (χ1v) is 19.3. The van der Waals surface area contributed by atoms with Gasteiger partial charge in [-0.05, 0) is 103 Å². The van der Waals surface area contributed by atoms with E-state index in [2.05, 4.69) is 175 Å². The lowest BCUT2D eigenvalue weighted by atomic mass is 9.93. The lowest BCUT2D eigenvalue weighted by molar-refractivity contribution is 0.619. The van der Waals surface area contributed by atoms with E-state index in [-0.39, 0.29) is 0 Å². The predicted octanol–water partition coefficient (Wildman–Crippen LogP) is 15.1. The number of benzene rings is 10. The molecule has 266 valence electrons. The number of fused-ring (bicyclic) bond motifs is 12. The Morgan fingerprint density at radius 2 is 0.965 bits per heavy atom. The lowest BCUT2D eigenvalue weighted by Crippen LogP contribution is -2.11. The van der Waals surface area contributed by atoms with Crippen molar-refractivity contribution in [2.75, 3.05) is 4.90 Å². The molecule has 4 nitrogen and oxygen atoms in total. The van der Waals surface area contributed by atoms with Crippen LogP contribution >= 0.6 is 0 Å². The molecule has 0 saturated carbocycles. The van der Waals surface area contributed by atoms with Gasteiger partial charge < -0.3 is 13.7 Å². The zero-order valence-corrected chi connectivity index (χ0v) is 30.7. The van der Waals surface area contributed by atoms with Crippen LogP contribution in [-0.4, -0.2) is 4.98 Å². The fourth-order valence-electron chi connectivity index (χ4n) is 8.78. The maximum Gasteiger partial charge on any atom is 0.229 e. The number of hydrogen-bond donors (Lipinski definition) is 0. The maximum atomic E-state index is 6.77. The smallest absolute Gasteiger partial charge is 0.229 e. The highest BCUT2D eigenvalue weighted by Gasteiger charge is 2.25. The molecule has 10 aromatic carbocycles. The van der Waals surface area contributed by atoms with Gasteiger partial charge in [0.2, 0.25) is 5.89 Å². The molecule has 2 heterocycles. The van der Waals surface area contributed by atoms with Crippen molar-refractivity contribution in [2.24, 2.45) is 0 Å². The van der Waals surface area contributed by atoms with E-state index in [9.17, 15) is 0 Å². The second kappa shape index (κ2) is 12.4. The van der Waals surface area contributed by atoms with Crippen LogP contribution in [-0.2, 0) is 0 Å². The van der Waals surface area contributed by atoms with E-state index in [1.54, 1.807) is 0 Å². The van der Waals surface area contributed by atoms with E-state index in [0.29, 0.717) is 5.89 Å². The standard InChI is InChI=1S/C53H32N2O2/c1-2-12-33(13-3-1)34-22-25-36(26-23-34)55(37-27-29-43-41-18-7-6-16-39(41)40-17-8-9-19-42(40)45(43)30-37)49-31-46-44-28-24-35-14-4-5-15-38(35)52(44)56-51(46)32-47(49)53-54-48-20-10-11-21-50(48)57-53/h1-32H. The van der Waals surface area contributed by atoms with Crippen molar-refractivity contribution in [3.8, 4) is 22.6 Å². The minimum atomic E-state index is 0.529. The molecular weight excluding hydrogens is 697 g/mol. The number of hydrogen-bond acceptors (Lipinski definition) is 4. The summed E-state index contributed by atoms with van der Waals surface area (Å²) in [5.41, 5.74) is 9.29. The molecule has 0 fully saturated rings. The number of aromatic nitrogens is 1. The summed E-state index contributed by atoms with van der Waals surface area (Å²) < 4.78 is 13.4. The molecule has 57 heavy (non-hydrogen) atoms. The summed E-state index contributed by atoms with van der Waals surface area (Å²) in [4.78, 5) is 7.42. The molecule has 0 bridgehead atoms. The van der Waals surface area contributed by atoms with Gasteiger partial charge in [0.25, 0.3) is 0 Å². The Labute approximate surface area is 327 Å². The zero-order valence-electron chi connectivity index (χ0n) is 30.7. The van der Waals surface area contributed by atoms with Crippen LogP contribution in [0.1, 0.15) is 0 Å². The largest absolute Gasteiger partial charge is 0.455 e. The van der Waals surface area contributed by atoms with Crippen molar-refractivity contribution in [3.05, 3.63) is 194 Å². The molecule has 0 N–H and O–H groups in total. The highest BCUT2D eigenvalue weighted by atomic mass is 16.3. The van der Waals surface area contributed by atoms with Crippen molar-refractivity contribution in [1.82, 2.24) is 4.98 Å². The third kappa shape index (κ3) is 4.98. The Hall–Kier alpha value is -7.69. The van der Waals surface area contributed by atoms with Crippen molar-refractivity contribution >= 4 is 93.2 Å². The first-order chi connectivity index (χ1) is 28.2. The van der Waals surface area contributed by atoms with Gasteiger partial charge in [-0.2, -0.15) is 0 Å². The summed E-state index contributed by atoms with van der Waals surface area (Å²) in [6.45, 7) is 0. The van der Waals surface area contributed by atoms with Crippen LogP contribution < -0.4 is 4.90 Å². The molecule has 0 aliphatic carbocycles. The van der Waals surface area contributed by atoms with E-state index in [0.717, 1.165) is 72.0 Å². The van der Waals surface area contributed by atoms with Gasteiger partial charge in [0.1, 0.15) is 16.7 Å². The highest BCUT2D eigenvalue weighted by Crippen LogP contribution is 2.47. The van der Waals surface area contributed by atoms with Crippen LogP contribution in [0, 0.1) is 0 Å². The summed E-state index contributed by atoms with van der Waals surface area (Å²) in [6.07, 6.45) is 0. The van der Waals surface area contributed by atoms with E-state index in [1.165, 1.54) is 37.9 Å². The molecule has 12 rings (SSSR count). The van der Waals surface area contributed by atoms with Crippen LogP contribution in [0.4, 0.5) is 17.1 Å². The number of nitrogens with zero attached hydrogens (tertiary/aromatic N) is 2. The molecule has 0 spiro atoms. The predicted molar refractivity (Wildman–Crippen MR) is 237 cm³/mol. The molecular formula is C53H32N2O2. The van der Waals surface area contributed by atoms with Crippen LogP contribution in [0.15, 0.2) is 203 Å². The average molecular weight is 729 g/mol. The molecule has 4 heteroatoms. The molecule has 0 aliphatic heterocycles. The van der Waals surface area contributed by atoms with Gasteiger partial charge in [-0.3, -0.25) is 0 Å². The number of furan rings is 1. The highest BCUT2D eigenvalue weighted by molar-refractivity contribution is 6.26. The molecule has 0 atom stereocenters. The molecule has 0 amide bonds. The molecule has 0 radical (unpaired) electrons. The fourth-order valence-corrected chi connectivity index (χ4v) is 8.78. The molecule has 2 aromatic heterocycles. The quantitative estimate of drug-likeness (QED) is 0.166. The molecule has 0 aliphatic rings. The van der Waals surface area contributed by atoms with Gasteiger partial charge in [0, 0.05) is 27.5 Å². The normalized spacial score (nSPS) is 11.9. The third-order valence-corrected chi connectivity index (χ3v) is 11.5. The Balaban J connectivity index is 1.17. The number of rotatable bonds is 5. The fraction of sp³-hybridized carbons (Fsp3) is 0. The SMILES string of the molecule is c1ccc(-c2ccc(N(c3ccc4c5ccccc5c5ccccc5c4c3)c3cc4c(cc3-c3nc5ccccc5o3)oc3c5ccccc5ccc43)cc2)cc1. The van der Waals surface area contributed by atoms with E-state index in [1.807, 2.05) is 24.3 Å². The summed E-state index contributed by atoms with van der Waals surface area (Å²) >= 11 is 0. The maximum absolute atomic E-state index is 6.77. The Morgan fingerprint density at radius 3 is 1.72 bits per heavy atom. The average Bonchev–Trinajstić information content (AvgIpc) is 3.89. The monoisotopic (exact) mass is 728 g/mol. The van der Waals surface area contributed by atoms with Crippen molar-refractivity contribution < 1.29 is 8.83 Å². The number of anilines is 3. The van der Waals surface area contributed by atoms with Crippen molar-refractivity contribution in [1.29, 1.82) is 0 Å². The lowest BCUT2D eigenvalue weighted by Gasteiger charge is -2.28. The van der Waals surface area contributed by atoms with Gasteiger partial charge in [0.05, 0.1) is 11.3 Å². The van der Waals surface area contributed by atoms with E-state index < -0.39 is 0 Å². The van der Waals surface area contributed by atoms with Crippen LogP contribution in [0.25, 0.3) is 98.7 Å². The van der Waals surface area contributed by atoms with Crippen molar-refractivity contribution in [3.63, 3.8) is 0 Å². The third-order valence-electron chi connectivity index (χ3n) is 11.5. The summed E-state index contributed by atoms with van der Waals surface area (Å²) in [5, 5.41) is 11.7. The molecule has 12 aromatic rings. The first kappa shape index (κ1) is 31.6. The molecule has 0 unspecified atom stereocenters. The van der Waals surface area contributed by atoms with Gasteiger partial charge in [-0.25, -0.2) is 4.98 Å². The minimum Gasteiger partial charge on any atom is -0.455 e. The number of oxazole rings is 1. The second-order valence-electron chi connectivity index (χ2n) is 14.7. The Kier molecular flexibility index (Phi) is 6.89. The van der Waals surface area contributed by atoms with Crippen molar-refractivity contribution in [2.45, 2.75) is 0 Å². The number of para-hydroxylation sites is 2. The summed E-state index contributed by atoms with van der Waals surface area (Å²) in [5.74, 6) is 0.529.